The van der Waals surface area contributed by atoms with E-state index in [1.54, 1.807) is 17.8 Å². The highest BCUT2D eigenvalue weighted by Crippen LogP contribution is 2.24. The number of hydrogen-bond acceptors (Lipinski definition) is 2. The second kappa shape index (κ2) is 8.61. The molecule has 0 saturated carbocycles. The highest BCUT2D eigenvalue weighted by atomic mass is 35.5. The summed E-state index contributed by atoms with van der Waals surface area (Å²) in [5, 5.41) is 6.44. The fourth-order valence-electron chi connectivity index (χ4n) is 2.49. The standard InChI is InChI=1S/C20H17Cl2NOS/c21-18-8-6-15(10-19(18)22)12-25-13-20(24)23-11-14-5-7-16-3-1-2-4-17(16)9-14/h1-10H,11-13H2,(H,23,24). The number of fused-ring (bicyclic) bond motifs is 1. The normalized spacial score (nSPS) is 10.8. The fraction of sp³-hybridized carbons (Fsp3) is 0.150. The zero-order valence-electron chi connectivity index (χ0n) is 13.5. The zero-order valence-corrected chi connectivity index (χ0v) is 15.8. The fourth-order valence-corrected chi connectivity index (χ4v) is 3.62. The Morgan fingerprint density at radius 1 is 0.880 bits per heavy atom. The van der Waals surface area contributed by atoms with Crippen molar-refractivity contribution in [2.45, 2.75) is 12.3 Å². The lowest BCUT2D eigenvalue weighted by molar-refractivity contribution is -0.118. The molecule has 5 heteroatoms. The minimum atomic E-state index is 0.0261. The molecule has 2 nitrogen and oxygen atoms in total. The molecule has 0 saturated heterocycles. The Kier molecular flexibility index (Phi) is 6.24. The van der Waals surface area contributed by atoms with Crippen LogP contribution in [0, 0.1) is 0 Å². The molecule has 1 N–H and O–H groups in total. The van der Waals surface area contributed by atoms with Gasteiger partial charge in [-0.15, -0.1) is 11.8 Å². The van der Waals surface area contributed by atoms with Crippen molar-refractivity contribution in [3.63, 3.8) is 0 Å². The van der Waals surface area contributed by atoms with Crippen LogP contribution in [-0.4, -0.2) is 11.7 Å². The van der Waals surface area contributed by atoms with Gasteiger partial charge >= 0.3 is 0 Å². The molecule has 0 atom stereocenters. The van der Waals surface area contributed by atoms with Gasteiger partial charge in [-0.25, -0.2) is 0 Å². The van der Waals surface area contributed by atoms with E-state index in [0.717, 1.165) is 16.9 Å². The van der Waals surface area contributed by atoms with Gasteiger partial charge in [0.1, 0.15) is 0 Å². The topological polar surface area (TPSA) is 29.1 Å². The summed E-state index contributed by atoms with van der Waals surface area (Å²) in [6.45, 7) is 0.539. The molecule has 0 aliphatic heterocycles. The summed E-state index contributed by atoms with van der Waals surface area (Å²) in [7, 11) is 0. The Morgan fingerprint density at radius 2 is 1.64 bits per heavy atom. The van der Waals surface area contributed by atoms with Gasteiger partial charge in [0.15, 0.2) is 0 Å². The maximum absolute atomic E-state index is 12.0. The van der Waals surface area contributed by atoms with Crippen LogP contribution in [0.5, 0.6) is 0 Å². The summed E-state index contributed by atoms with van der Waals surface area (Å²) in [6.07, 6.45) is 0. The van der Waals surface area contributed by atoms with Gasteiger partial charge in [0.2, 0.25) is 5.91 Å². The van der Waals surface area contributed by atoms with E-state index in [1.807, 2.05) is 30.3 Å². The van der Waals surface area contributed by atoms with E-state index in [-0.39, 0.29) is 5.91 Å². The van der Waals surface area contributed by atoms with Crippen LogP contribution in [0.2, 0.25) is 10.0 Å². The lowest BCUT2D eigenvalue weighted by atomic mass is 10.1. The molecule has 1 amide bonds. The Labute approximate surface area is 161 Å². The van der Waals surface area contributed by atoms with Crippen molar-refractivity contribution in [1.82, 2.24) is 5.32 Å². The summed E-state index contributed by atoms with van der Waals surface area (Å²) in [4.78, 5) is 12.0. The summed E-state index contributed by atoms with van der Waals surface area (Å²) in [5.74, 6) is 1.16. The van der Waals surface area contributed by atoms with Crippen LogP contribution in [0.15, 0.2) is 60.7 Å². The van der Waals surface area contributed by atoms with E-state index in [9.17, 15) is 4.79 Å². The SMILES string of the molecule is O=C(CSCc1ccc(Cl)c(Cl)c1)NCc1ccc2ccccc2c1. The molecular weight excluding hydrogens is 373 g/mol. The Hall–Kier alpha value is -1.68. The van der Waals surface area contributed by atoms with Gasteiger partial charge < -0.3 is 5.32 Å². The molecule has 0 aliphatic rings. The van der Waals surface area contributed by atoms with Gasteiger partial charge in [0.05, 0.1) is 15.8 Å². The largest absolute Gasteiger partial charge is 0.351 e. The smallest absolute Gasteiger partial charge is 0.230 e. The molecule has 0 bridgehead atoms. The molecule has 128 valence electrons. The number of carbonyl (C=O) groups excluding carboxylic acids is 1. The molecule has 3 aromatic carbocycles. The van der Waals surface area contributed by atoms with Crippen molar-refractivity contribution in [3.8, 4) is 0 Å². The molecule has 0 spiro atoms. The van der Waals surface area contributed by atoms with Crippen molar-refractivity contribution in [3.05, 3.63) is 81.8 Å². The monoisotopic (exact) mass is 389 g/mol. The highest BCUT2D eigenvalue weighted by molar-refractivity contribution is 7.99. The maximum Gasteiger partial charge on any atom is 0.230 e. The Balaban J connectivity index is 1.46. The van der Waals surface area contributed by atoms with Crippen LogP contribution in [-0.2, 0) is 17.1 Å². The van der Waals surface area contributed by atoms with Crippen molar-refractivity contribution < 1.29 is 4.79 Å². The quantitative estimate of drug-likeness (QED) is 0.585. The molecule has 3 aromatic rings. The lowest BCUT2D eigenvalue weighted by Gasteiger charge is -2.07. The van der Waals surface area contributed by atoms with E-state index >= 15 is 0 Å². The van der Waals surface area contributed by atoms with Crippen LogP contribution < -0.4 is 5.32 Å². The number of thioether (sulfide) groups is 1. The predicted octanol–water partition coefficient (Wildman–Crippen LogP) is 5.70. The molecule has 25 heavy (non-hydrogen) atoms. The molecule has 0 fully saturated rings. The third kappa shape index (κ3) is 5.15. The van der Waals surface area contributed by atoms with Crippen LogP contribution in [0.1, 0.15) is 11.1 Å². The van der Waals surface area contributed by atoms with E-state index < -0.39 is 0 Å². The van der Waals surface area contributed by atoms with Gasteiger partial charge in [-0.2, -0.15) is 0 Å². The number of nitrogens with one attached hydrogen (secondary N) is 1. The maximum atomic E-state index is 12.0. The zero-order chi connectivity index (χ0) is 17.6. The van der Waals surface area contributed by atoms with E-state index in [4.69, 9.17) is 23.2 Å². The summed E-state index contributed by atoms with van der Waals surface area (Å²) < 4.78 is 0. The lowest BCUT2D eigenvalue weighted by Crippen LogP contribution is -2.24. The molecule has 0 aliphatic carbocycles. The first kappa shape index (κ1) is 18.1. The minimum absolute atomic E-state index is 0.0261. The first-order valence-corrected chi connectivity index (χ1v) is 9.79. The third-order valence-corrected chi connectivity index (χ3v) is 5.53. The van der Waals surface area contributed by atoms with Crippen LogP contribution >= 0.6 is 35.0 Å². The first-order valence-electron chi connectivity index (χ1n) is 7.88. The summed E-state index contributed by atoms with van der Waals surface area (Å²) in [5.41, 5.74) is 2.16. The van der Waals surface area contributed by atoms with Crippen LogP contribution in [0.3, 0.4) is 0 Å². The molecule has 0 radical (unpaired) electrons. The van der Waals surface area contributed by atoms with Crippen LogP contribution in [0.4, 0.5) is 0 Å². The van der Waals surface area contributed by atoms with Gasteiger partial charge in [-0.05, 0) is 40.1 Å². The molecule has 0 aromatic heterocycles. The summed E-state index contributed by atoms with van der Waals surface area (Å²) >= 11 is 13.4. The minimum Gasteiger partial charge on any atom is -0.351 e. The van der Waals surface area contributed by atoms with Crippen molar-refractivity contribution in [2.75, 3.05) is 5.75 Å². The average molecular weight is 390 g/mol. The average Bonchev–Trinajstić information content (AvgIpc) is 2.63. The molecule has 3 rings (SSSR count). The molecule has 0 heterocycles. The second-order valence-electron chi connectivity index (χ2n) is 5.70. The van der Waals surface area contributed by atoms with Crippen LogP contribution in [0.25, 0.3) is 10.8 Å². The third-order valence-electron chi connectivity index (χ3n) is 3.79. The number of halogens is 2. The first-order chi connectivity index (χ1) is 12.1. The Bertz CT molecular complexity index is 898. The molecular formula is C20H17Cl2NOS. The summed E-state index contributed by atoms with van der Waals surface area (Å²) in [6, 6.07) is 20.0. The van der Waals surface area contributed by atoms with E-state index in [0.29, 0.717) is 22.3 Å². The number of carbonyl (C=O) groups is 1. The van der Waals surface area contributed by atoms with E-state index in [1.165, 1.54) is 10.8 Å². The number of benzene rings is 3. The van der Waals surface area contributed by atoms with Crippen molar-refractivity contribution in [1.29, 1.82) is 0 Å². The van der Waals surface area contributed by atoms with Gasteiger partial charge in [-0.3, -0.25) is 4.79 Å². The van der Waals surface area contributed by atoms with Crippen molar-refractivity contribution >= 4 is 51.6 Å². The highest BCUT2D eigenvalue weighted by Gasteiger charge is 2.04. The number of hydrogen-bond donors (Lipinski definition) is 1. The Morgan fingerprint density at radius 3 is 2.44 bits per heavy atom. The van der Waals surface area contributed by atoms with Gasteiger partial charge in [0.25, 0.3) is 0 Å². The van der Waals surface area contributed by atoms with E-state index in [2.05, 4.69) is 29.6 Å². The second-order valence-corrected chi connectivity index (χ2v) is 7.50. The molecule has 0 unspecified atom stereocenters. The van der Waals surface area contributed by atoms with Gasteiger partial charge in [-0.1, -0.05) is 65.7 Å². The van der Waals surface area contributed by atoms with Gasteiger partial charge in [0, 0.05) is 12.3 Å². The number of rotatable bonds is 6. The van der Waals surface area contributed by atoms with Crippen molar-refractivity contribution in [2.24, 2.45) is 0 Å². The predicted molar refractivity (Wildman–Crippen MR) is 108 cm³/mol. The number of amides is 1.